The van der Waals surface area contributed by atoms with E-state index in [1.165, 1.54) is 24.0 Å². The van der Waals surface area contributed by atoms with Gasteiger partial charge in [-0.05, 0) is 60.4 Å². The molecular formula is C21H26O2. The number of aryl methyl sites for hydroxylation is 3. The summed E-state index contributed by atoms with van der Waals surface area (Å²) in [6, 6.07) is 14.3. The van der Waals surface area contributed by atoms with Crippen LogP contribution in [0.25, 0.3) is 0 Å². The number of hydrogen-bond acceptors (Lipinski definition) is 1. The Bertz CT molecular complexity index is 659. The van der Waals surface area contributed by atoms with Crippen LogP contribution in [0.2, 0.25) is 0 Å². The van der Waals surface area contributed by atoms with Crippen LogP contribution < -0.4 is 0 Å². The third-order valence-electron chi connectivity index (χ3n) is 4.44. The van der Waals surface area contributed by atoms with Crippen molar-refractivity contribution in [2.75, 3.05) is 0 Å². The van der Waals surface area contributed by atoms with Crippen LogP contribution in [-0.2, 0) is 25.7 Å². The molecule has 23 heavy (non-hydrogen) atoms. The van der Waals surface area contributed by atoms with Gasteiger partial charge in [-0.15, -0.1) is 0 Å². The number of carboxylic acid groups (broad SMARTS) is 1. The SMILES string of the molecule is CCCCc1ccccc1CCc1cccc(C(=O)O)c1CC. The summed E-state index contributed by atoms with van der Waals surface area (Å²) in [6.07, 6.45) is 6.17. The number of benzene rings is 2. The standard InChI is InChI=1S/C21H26O2/c1-3-5-9-16-10-6-7-11-17(16)14-15-18-12-8-13-20(21(22)23)19(18)4-2/h6-8,10-13H,3-5,9,14-15H2,1-2H3,(H,22,23). The number of unbranched alkanes of at least 4 members (excludes halogenated alkanes) is 1. The predicted molar refractivity (Wildman–Crippen MR) is 95.2 cm³/mol. The van der Waals surface area contributed by atoms with E-state index in [0.717, 1.165) is 36.8 Å². The van der Waals surface area contributed by atoms with E-state index in [2.05, 4.69) is 37.3 Å². The molecule has 2 heteroatoms. The van der Waals surface area contributed by atoms with Crippen molar-refractivity contribution >= 4 is 5.97 Å². The van der Waals surface area contributed by atoms with Crippen LogP contribution in [-0.4, -0.2) is 11.1 Å². The number of aromatic carboxylic acids is 1. The lowest BCUT2D eigenvalue weighted by molar-refractivity contribution is 0.0695. The fraction of sp³-hybridized carbons (Fsp3) is 0.381. The molecule has 0 fully saturated rings. The number of rotatable bonds is 8. The van der Waals surface area contributed by atoms with Crippen LogP contribution in [0.5, 0.6) is 0 Å². The smallest absolute Gasteiger partial charge is 0.335 e. The van der Waals surface area contributed by atoms with Crippen LogP contribution in [0.1, 0.15) is 59.3 Å². The van der Waals surface area contributed by atoms with E-state index < -0.39 is 5.97 Å². The van der Waals surface area contributed by atoms with E-state index in [1.807, 2.05) is 13.0 Å². The summed E-state index contributed by atoms with van der Waals surface area (Å²) in [7, 11) is 0. The summed E-state index contributed by atoms with van der Waals surface area (Å²) in [5.41, 5.74) is 5.42. The molecule has 1 N–H and O–H groups in total. The highest BCUT2D eigenvalue weighted by Gasteiger charge is 2.12. The van der Waals surface area contributed by atoms with E-state index in [9.17, 15) is 9.90 Å². The highest BCUT2D eigenvalue weighted by atomic mass is 16.4. The molecule has 0 saturated carbocycles. The van der Waals surface area contributed by atoms with Crippen molar-refractivity contribution in [1.82, 2.24) is 0 Å². The molecule has 2 rings (SSSR count). The van der Waals surface area contributed by atoms with Gasteiger partial charge in [0.05, 0.1) is 5.56 Å². The van der Waals surface area contributed by atoms with Gasteiger partial charge in [0.15, 0.2) is 0 Å². The number of carboxylic acids is 1. The Morgan fingerprint density at radius 1 is 0.870 bits per heavy atom. The molecule has 2 aromatic carbocycles. The molecule has 0 bridgehead atoms. The largest absolute Gasteiger partial charge is 0.478 e. The molecule has 0 atom stereocenters. The molecule has 0 aliphatic rings. The average molecular weight is 310 g/mol. The van der Waals surface area contributed by atoms with Gasteiger partial charge in [-0.25, -0.2) is 4.79 Å². The lowest BCUT2D eigenvalue weighted by atomic mass is 9.92. The van der Waals surface area contributed by atoms with Crippen LogP contribution in [0, 0.1) is 0 Å². The monoisotopic (exact) mass is 310 g/mol. The van der Waals surface area contributed by atoms with Crippen molar-refractivity contribution in [1.29, 1.82) is 0 Å². The molecule has 0 aliphatic carbocycles. The summed E-state index contributed by atoms with van der Waals surface area (Å²) >= 11 is 0. The Labute approximate surface area is 139 Å². The molecule has 0 aromatic heterocycles. The summed E-state index contributed by atoms with van der Waals surface area (Å²) in [5, 5.41) is 9.35. The molecule has 0 unspecified atom stereocenters. The summed E-state index contributed by atoms with van der Waals surface area (Å²) in [5.74, 6) is -0.827. The first kappa shape index (κ1) is 17.3. The normalized spacial score (nSPS) is 10.7. The second kappa shape index (κ2) is 8.52. The van der Waals surface area contributed by atoms with E-state index in [-0.39, 0.29) is 0 Å². The van der Waals surface area contributed by atoms with Crippen LogP contribution in [0.15, 0.2) is 42.5 Å². The molecule has 0 amide bonds. The zero-order chi connectivity index (χ0) is 16.7. The Morgan fingerprint density at radius 2 is 1.48 bits per heavy atom. The Hall–Kier alpha value is -2.09. The number of hydrogen-bond donors (Lipinski definition) is 1. The van der Waals surface area contributed by atoms with Gasteiger partial charge in [0.1, 0.15) is 0 Å². The van der Waals surface area contributed by atoms with Crippen molar-refractivity contribution in [2.45, 2.75) is 52.4 Å². The summed E-state index contributed by atoms with van der Waals surface area (Å²) in [6.45, 7) is 4.24. The van der Waals surface area contributed by atoms with Gasteiger partial charge in [0, 0.05) is 0 Å². The highest BCUT2D eigenvalue weighted by Crippen LogP contribution is 2.20. The van der Waals surface area contributed by atoms with Crippen molar-refractivity contribution in [3.63, 3.8) is 0 Å². The molecule has 122 valence electrons. The molecule has 2 nitrogen and oxygen atoms in total. The van der Waals surface area contributed by atoms with Gasteiger partial charge in [-0.3, -0.25) is 0 Å². The molecule has 0 radical (unpaired) electrons. The van der Waals surface area contributed by atoms with Crippen molar-refractivity contribution in [2.24, 2.45) is 0 Å². The number of carbonyl (C=O) groups is 1. The lowest BCUT2D eigenvalue weighted by Crippen LogP contribution is -2.06. The van der Waals surface area contributed by atoms with Gasteiger partial charge in [-0.1, -0.05) is 56.7 Å². The maximum atomic E-state index is 11.4. The van der Waals surface area contributed by atoms with Crippen molar-refractivity contribution < 1.29 is 9.90 Å². The van der Waals surface area contributed by atoms with E-state index in [1.54, 1.807) is 6.07 Å². The molecule has 0 saturated heterocycles. The third-order valence-corrected chi connectivity index (χ3v) is 4.44. The van der Waals surface area contributed by atoms with Gasteiger partial charge >= 0.3 is 5.97 Å². The topological polar surface area (TPSA) is 37.3 Å². The Morgan fingerprint density at radius 3 is 2.09 bits per heavy atom. The lowest BCUT2D eigenvalue weighted by Gasteiger charge is -2.13. The minimum absolute atomic E-state index is 0.448. The molecular weight excluding hydrogens is 284 g/mol. The highest BCUT2D eigenvalue weighted by molar-refractivity contribution is 5.89. The van der Waals surface area contributed by atoms with Crippen LogP contribution in [0.4, 0.5) is 0 Å². The second-order valence-electron chi connectivity index (χ2n) is 5.97. The van der Waals surface area contributed by atoms with E-state index in [0.29, 0.717) is 5.56 Å². The first-order chi connectivity index (χ1) is 11.2. The maximum Gasteiger partial charge on any atom is 0.335 e. The molecule has 2 aromatic rings. The van der Waals surface area contributed by atoms with Crippen molar-refractivity contribution in [3.05, 3.63) is 70.3 Å². The zero-order valence-electron chi connectivity index (χ0n) is 14.1. The third kappa shape index (κ3) is 4.44. The fourth-order valence-electron chi connectivity index (χ4n) is 3.17. The maximum absolute atomic E-state index is 11.4. The van der Waals surface area contributed by atoms with E-state index >= 15 is 0 Å². The Kier molecular flexibility index (Phi) is 6.40. The molecule has 0 spiro atoms. The van der Waals surface area contributed by atoms with Crippen LogP contribution >= 0.6 is 0 Å². The van der Waals surface area contributed by atoms with Gasteiger partial charge in [0.25, 0.3) is 0 Å². The van der Waals surface area contributed by atoms with Crippen LogP contribution in [0.3, 0.4) is 0 Å². The second-order valence-corrected chi connectivity index (χ2v) is 5.97. The summed E-state index contributed by atoms with van der Waals surface area (Å²) < 4.78 is 0. The molecule has 0 aliphatic heterocycles. The van der Waals surface area contributed by atoms with E-state index in [4.69, 9.17) is 0 Å². The fourth-order valence-corrected chi connectivity index (χ4v) is 3.17. The van der Waals surface area contributed by atoms with Gasteiger partial charge in [-0.2, -0.15) is 0 Å². The zero-order valence-corrected chi connectivity index (χ0v) is 14.1. The minimum Gasteiger partial charge on any atom is -0.478 e. The quantitative estimate of drug-likeness (QED) is 0.738. The van der Waals surface area contributed by atoms with Gasteiger partial charge in [0.2, 0.25) is 0 Å². The predicted octanol–water partition coefficient (Wildman–Crippen LogP) is 5.08. The minimum atomic E-state index is -0.827. The molecule has 0 heterocycles. The first-order valence-corrected chi connectivity index (χ1v) is 8.58. The average Bonchev–Trinajstić information content (AvgIpc) is 2.58. The first-order valence-electron chi connectivity index (χ1n) is 8.58. The Balaban J connectivity index is 2.18. The summed E-state index contributed by atoms with van der Waals surface area (Å²) in [4.78, 5) is 11.4. The van der Waals surface area contributed by atoms with Crippen molar-refractivity contribution in [3.8, 4) is 0 Å². The van der Waals surface area contributed by atoms with Gasteiger partial charge < -0.3 is 5.11 Å².